The second-order valence-electron chi connectivity index (χ2n) is 6.69. The summed E-state index contributed by atoms with van der Waals surface area (Å²) in [5, 5.41) is 0. The van der Waals surface area contributed by atoms with Gasteiger partial charge in [-0.3, -0.25) is 4.79 Å². The first-order valence-electron chi connectivity index (χ1n) is 6.96. The van der Waals surface area contributed by atoms with Crippen LogP contribution in [0.15, 0.2) is 0 Å². The summed E-state index contributed by atoms with van der Waals surface area (Å²) in [7, 11) is 0. The molecule has 1 heterocycles. The molecule has 1 amide bonds. The molecule has 1 unspecified atom stereocenters. The molecule has 0 aromatic carbocycles. The predicted octanol–water partition coefficient (Wildman–Crippen LogP) is 2.15. The lowest BCUT2D eigenvalue weighted by Crippen LogP contribution is -2.44. The molecule has 0 aromatic heterocycles. The molecule has 2 fully saturated rings. The standard InChI is InChI=1S/C14H26N2O/c1-10-8-14(2,3)16(9-10)13(17)7-11-5-4-6-12(11)15/h10-12H,4-9,15H2,1-3H3/t10?,11-,12+/m0/s1. The van der Waals surface area contributed by atoms with Gasteiger partial charge in [-0.25, -0.2) is 0 Å². The third kappa shape index (κ3) is 2.65. The Morgan fingerprint density at radius 1 is 1.41 bits per heavy atom. The first-order chi connectivity index (χ1) is 7.90. The van der Waals surface area contributed by atoms with Gasteiger partial charge in [0.1, 0.15) is 0 Å². The van der Waals surface area contributed by atoms with E-state index < -0.39 is 0 Å². The van der Waals surface area contributed by atoms with E-state index in [4.69, 9.17) is 5.73 Å². The lowest BCUT2D eigenvalue weighted by atomic mass is 9.96. The van der Waals surface area contributed by atoms with E-state index in [1.807, 2.05) is 0 Å². The molecule has 17 heavy (non-hydrogen) atoms. The van der Waals surface area contributed by atoms with Gasteiger partial charge in [-0.1, -0.05) is 13.3 Å². The summed E-state index contributed by atoms with van der Waals surface area (Å²) in [6.45, 7) is 7.52. The molecule has 2 N–H and O–H groups in total. The highest BCUT2D eigenvalue weighted by molar-refractivity contribution is 5.77. The van der Waals surface area contributed by atoms with E-state index in [1.54, 1.807) is 0 Å². The maximum Gasteiger partial charge on any atom is 0.223 e. The first kappa shape index (κ1) is 12.9. The maximum atomic E-state index is 12.4. The van der Waals surface area contributed by atoms with Crippen molar-refractivity contribution in [3.05, 3.63) is 0 Å². The van der Waals surface area contributed by atoms with Crippen LogP contribution in [0.4, 0.5) is 0 Å². The molecule has 2 rings (SSSR count). The molecule has 0 radical (unpaired) electrons. The minimum atomic E-state index is 0.0409. The average molecular weight is 238 g/mol. The Hall–Kier alpha value is -0.570. The molecular formula is C14H26N2O. The van der Waals surface area contributed by atoms with E-state index in [9.17, 15) is 4.79 Å². The Balaban J connectivity index is 1.96. The second-order valence-corrected chi connectivity index (χ2v) is 6.69. The molecule has 1 aliphatic carbocycles. The molecule has 3 nitrogen and oxygen atoms in total. The van der Waals surface area contributed by atoms with Crippen LogP contribution in [0.25, 0.3) is 0 Å². The molecule has 98 valence electrons. The number of carbonyl (C=O) groups excluding carboxylic acids is 1. The number of rotatable bonds is 2. The summed E-state index contributed by atoms with van der Waals surface area (Å²) < 4.78 is 0. The Morgan fingerprint density at radius 2 is 2.12 bits per heavy atom. The van der Waals surface area contributed by atoms with Gasteiger partial charge in [0.15, 0.2) is 0 Å². The van der Waals surface area contributed by atoms with Crippen LogP contribution in [-0.2, 0) is 4.79 Å². The monoisotopic (exact) mass is 238 g/mol. The van der Waals surface area contributed by atoms with Gasteiger partial charge in [-0.15, -0.1) is 0 Å². The second kappa shape index (κ2) is 4.60. The minimum Gasteiger partial charge on any atom is -0.337 e. The van der Waals surface area contributed by atoms with Crippen molar-refractivity contribution in [2.75, 3.05) is 6.54 Å². The van der Waals surface area contributed by atoms with Gasteiger partial charge < -0.3 is 10.6 Å². The van der Waals surface area contributed by atoms with Gasteiger partial charge in [0.25, 0.3) is 0 Å². The van der Waals surface area contributed by atoms with E-state index in [2.05, 4.69) is 25.7 Å². The van der Waals surface area contributed by atoms with Crippen molar-refractivity contribution in [1.82, 2.24) is 4.90 Å². The largest absolute Gasteiger partial charge is 0.337 e. The molecule has 0 aromatic rings. The Labute approximate surface area is 105 Å². The lowest BCUT2D eigenvalue weighted by molar-refractivity contribution is -0.135. The number of amides is 1. The van der Waals surface area contributed by atoms with Crippen LogP contribution in [0.2, 0.25) is 0 Å². The normalized spacial score (nSPS) is 36.5. The zero-order valence-electron chi connectivity index (χ0n) is 11.4. The Morgan fingerprint density at radius 3 is 2.59 bits per heavy atom. The zero-order chi connectivity index (χ0) is 12.6. The molecule has 2 aliphatic rings. The van der Waals surface area contributed by atoms with Crippen molar-refractivity contribution < 1.29 is 4.79 Å². The average Bonchev–Trinajstić information content (AvgIpc) is 2.70. The van der Waals surface area contributed by atoms with E-state index in [0.29, 0.717) is 24.2 Å². The van der Waals surface area contributed by atoms with Crippen LogP contribution >= 0.6 is 0 Å². The quantitative estimate of drug-likeness (QED) is 0.801. The van der Waals surface area contributed by atoms with Crippen molar-refractivity contribution >= 4 is 5.91 Å². The van der Waals surface area contributed by atoms with Crippen LogP contribution < -0.4 is 5.73 Å². The number of nitrogens with two attached hydrogens (primary N) is 1. The van der Waals surface area contributed by atoms with Crippen molar-refractivity contribution in [3.63, 3.8) is 0 Å². The number of hydrogen-bond acceptors (Lipinski definition) is 2. The van der Waals surface area contributed by atoms with Crippen LogP contribution in [0, 0.1) is 11.8 Å². The van der Waals surface area contributed by atoms with E-state index in [1.165, 1.54) is 6.42 Å². The lowest BCUT2D eigenvalue weighted by Gasteiger charge is -2.32. The minimum absolute atomic E-state index is 0.0409. The van der Waals surface area contributed by atoms with Gasteiger partial charge in [-0.2, -0.15) is 0 Å². The van der Waals surface area contributed by atoms with Crippen LogP contribution in [0.5, 0.6) is 0 Å². The molecule has 0 spiro atoms. The third-order valence-corrected chi connectivity index (χ3v) is 4.53. The van der Waals surface area contributed by atoms with Gasteiger partial charge in [0.05, 0.1) is 0 Å². The fourth-order valence-electron chi connectivity index (χ4n) is 3.68. The number of nitrogens with zero attached hydrogens (tertiary/aromatic N) is 1. The van der Waals surface area contributed by atoms with Crippen LogP contribution in [0.3, 0.4) is 0 Å². The smallest absolute Gasteiger partial charge is 0.223 e. The summed E-state index contributed by atoms with van der Waals surface area (Å²) in [5.74, 6) is 1.38. The molecular weight excluding hydrogens is 212 g/mol. The fraction of sp³-hybridized carbons (Fsp3) is 0.929. The molecule has 1 saturated carbocycles. The SMILES string of the molecule is CC1CN(C(=O)C[C@@H]2CCC[C@H]2N)C(C)(C)C1. The van der Waals surface area contributed by atoms with Crippen molar-refractivity contribution in [2.45, 2.75) is 64.5 Å². The van der Waals surface area contributed by atoms with E-state index in [-0.39, 0.29) is 11.6 Å². The predicted molar refractivity (Wildman–Crippen MR) is 69.5 cm³/mol. The van der Waals surface area contributed by atoms with Crippen molar-refractivity contribution in [3.8, 4) is 0 Å². The summed E-state index contributed by atoms with van der Waals surface area (Å²) in [4.78, 5) is 14.5. The van der Waals surface area contributed by atoms with Crippen molar-refractivity contribution in [2.24, 2.45) is 17.6 Å². The number of likely N-dealkylation sites (tertiary alicyclic amines) is 1. The topological polar surface area (TPSA) is 46.3 Å². The Kier molecular flexibility index (Phi) is 3.48. The van der Waals surface area contributed by atoms with Crippen molar-refractivity contribution in [1.29, 1.82) is 0 Å². The highest BCUT2D eigenvalue weighted by atomic mass is 16.2. The number of carbonyl (C=O) groups is 1. The van der Waals surface area contributed by atoms with E-state index in [0.717, 1.165) is 25.8 Å². The summed E-state index contributed by atoms with van der Waals surface area (Å²) >= 11 is 0. The Bertz CT molecular complexity index is 301. The van der Waals surface area contributed by atoms with Gasteiger partial charge >= 0.3 is 0 Å². The molecule has 3 heteroatoms. The summed E-state index contributed by atoms with van der Waals surface area (Å²) in [6.07, 6.45) is 5.21. The fourth-order valence-corrected chi connectivity index (χ4v) is 3.68. The third-order valence-electron chi connectivity index (χ3n) is 4.53. The van der Waals surface area contributed by atoms with Crippen LogP contribution in [0.1, 0.15) is 52.9 Å². The molecule has 1 aliphatic heterocycles. The first-order valence-corrected chi connectivity index (χ1v) is 6.96. The summed E-state index contributed by atoms with van der Waals surface area (Å²) in [5.41, 5.74) is 6.09. The highest BCUT2D eigenvalue weighted by Crippen LogP contribution is 2.35. The van der Waals surface area contributed by atoms with E-state index >= 15 is 0 Å². The van der Waals surface area contributed by atoms with Gasteiger partial charge in [0.2, 0.25) is 5.91 Å². The highest BCUT2D eigenvalue weighted by Gasteiger charge is 2.40. The molecule has 3 atom stereocenters. The maximum absolute atomic E-state index is 12.4. The zero-order valence-corrected chi connectivity index (χ0v) is 11.4. The number of hydrogen-bond donors (Lipinski definition) is 1. The van der Waals surface area contributed by atoms with Gasteiger partial charge in [0, 0.05) is 24.5 Å². The summed E-state index contributed by atoms with van der Waals surface area (Å²) in [6, 6.07) is 0.252. The molecule has 0 bridgehead atoms. The van der Waals surface area contributed by atoms with Crippen LogP contribution in [-0.4, -0.2) is 28.9 Å². The molecule has 1 saturated heterocycles. The van der Waals surface area contributed by atoms with Gasteiger partial charge in [-0.05, 0) is 44.9 Å².